The van der Waals surface area contributed by atoms with Gasteiger partial charge >= 0.3 is 0 Å². The molecule has 1 aliphatic carbocycles. The first kappa shape index (κ1) is 18.3. The summed E-state index contributed by atoms with van der Waals surface area (Å²) in [4.78, 5) is 34.1. The third-order valence-corrected chi connectivity index (χ3v) is 6.16. The van der Waals surface area contributed by atoms with Gasteiger partial charge in [0.15, 0.2) is 0 Å². The summed E-state index contributed by atoms with van der Waals surface area (Å²) in [6.45, 7) is 2.96. The highest BCUT2D eigenvalue weighted by Crippen LogP contribution is 2.39. The summed E-state index contributed by atoms with van der Waals surface area (Å²) in [7, 11) is 0. The number of amides is 2. The topological polar surface area (TPSA) is 84.4 Å². The molecular formula is C20H28N4O3. The van der Waals surface area contributed by atoms with Crippen LogP contribution in [0.4, 0.5) is 0 Å². The Morgan fingerprint density at radius 2 is 2.07 bits per heavy atom. The summed E-state index contributed by atoms with van der Waals surface area (Å²) in [5.74, 6) is 1.07. The minimum atomic E-state index is -0.105. The molecule has 1 saturated carbocycles. The summed E-state index contributed by atoms with van der Waals surface area (Å²) < 4.78 is 6.20. The van der Waals surface area contributed by atoms with Crippen molar-refractivity contribution < 1.29 is 14.3 Å². The smallest absolute Gasteiger partial charge is 0.272 e. The maximum absolute atomic E-state index is 12.6. The Balaban J connectivity index is 1.25. The number of piperidine rings is 1. The number of hydrogen-bond acceptors (Lipinski definition) is 5. The molecular weight excluding hydrogens is 344 g/mol. The number of aromatic nitrogens is 2. The molecule has 1 aromatic heterocycles. The van der Waals surface area contributed by atoms with Gasteiger partial charge in [0.05, 0.1) is 5.60 Å². The lowest BCUT2D eigenvalue weighted by Crippen LogP contribution is -2.51. The van der Waals surface area contributed by atoms with Gasteiger partial charge in [0.1, 0.15) is 12.0 Å². The predicted molar refractivity (Wildman–Crippen MR) is 98.9 cm³/mol. The van der Waals surface area contributed by atoms with Crippen molar-refractivity contribution in [1.82, 2.24) is 20.2 Å². The lowest BCUT2D eigenvalue weighted by atomic mass is 9.78. The number of nitrogens with zero attached hydrogens (tertiary/aromatic N) is 3. The lowest BCUT2D eigenvalue weighted by molar-refractivity contribution is -0.125. The van der Waals surface area contributed by atoms with Crippen LogP contribution >= 0.6 is 0 Å². The number of likely N-dealkylation sites (tertiary alicyclic amines) is 1. The van der Waals surface area contributed by atoms with Crippen LogP contribution in [0.25, 0.3) is 0 Å². The summed E-state index contributed by atoms with van der Waals surface area (Å²) >= 11 is 0. The number of ether oxygens (including phenoxy) is 1. The van der Waals surface area contributed by atoms with Crippen LogP contribution in [0.5, 0.6) is 0 Å². The van der Waals surface area contributed by atoms with E-state index in [9.17, 15) is 9.59 Å². The van der Waals surface area contributed by atoms with Crippen molar-refractivity contribution in [2.45, 2.75) is 50.5 Å². The van der Waals surface area contributed by atoms with Gasteiger partial charge in [0, 0.05) is 38.4 Å². The van der Waals surface area contributed by atoms with Crippen molar-refractivity contribution >= 4 is 11.8 Å². The zero-order chi connectivity index (χ0) is 18.7. The Morgan fingerprint density at radius 3 is 2.78 bits per heavy atom. The van der Waals surface area contributed by atoms with Crippen molar-refractivity contribution in [2.24, 2.45) is 11.8 Å². The van der Waals surface area contributed by atoms with E-state index >= 15 is 0 Å². The molecule has 3 heterocycles. The van der Waals surface area contributed by atoms with E-state index in [0.29, 0.717) is 24.7 Å². The number of carbonyl (C=O) groups excluding carboxylic acids is 2. The highest BCUT2D eigenvalue weighted by atomic mass is 16.5. The average Bonchev–Trinajstić information content (AvgIpc) is 3.54. The summed E-state index contributed by atoms with van der Waals surface area (Å²) in [6.07, 6.45) is 9.97. The Morgan fingerprint density at radius 1 is 1.26 bits per heavy atom. The molecule has 0 aromatic carbocycles. The van der Waals surface area contributed by atoms with E-state index in [-0.39, 0.29) is 23.3 Å². The maximum Gasteiger partial charge on any atom is 0.272 e. The zero-order valence-corrected chi connectivity index (χ0v) is 15.7. The molecule has 2 saturated heterocycles. The van der Waals surface area contributed by atoms with Crippen molar-refractivity contribution in [3.05, 3.63) is 24.3 Å². The van der Waals surface area contributed by atoms with E-state index in [1.54, 1.807) is 12.3 Å². The molecule has 7 nitrogen and oxygen atoms in total. The normalized spacial score (nSPS) is 24.6. The van der Waals surface area contributed by atoms with Crippen molar-refractivity contribution in [3.63, 3.8) is 0 Å². The van der Waals surface area contributed by atoms with E-state index in [2.05, 4.69) is 15.3 Å². The number of carbonyl (C=O) groups is 2. The molecule has 1 aromatic rings. The first-order chi connectivity index (χ1) is 13.2. The van der Waals surface area contributed by atoms with Crippen LogP contribution in [0.15, 0.2) is 18.6 Å². The highest BCUT2D eigenvalue weighted by Gasteiger charge is 2.41. The second kappa shape index (κ2) is 7.92. The van der Waals surface area contributed by atoms with E-state index in [4.69, 9.17) is 4.74 Å². The fourth-order valence-electron chi connectivity index (χ4n) is 4.31. The van der Waals surface area contributed by atoms with Gasteiger partial charge in [0.2, 0.25) is 5.91 Å². The van der Waals surface area contributed by atoms with E-state index < -0.39 is 0 Å². The molecule has 1 atom stereocenters. The van der Waals surface area contributed by atoms with Crippen LogP contribution in [0.2, 0.25) is 0 Å². The number of hydrogen-bond donors (Lipinski definition) is 1. The van der Waals surface area contributed by atoms with E-state index in [1.165, 1.54) is 6.33 Å². The molecule has 1 spiro atoms. The molecule has 3 aliphatic rings. The molecule has 1 unspecified atom stereocenters. The molecule has 0 bridgehead atoms. The fourth-order valence-corrected chi connectivity index (χ4v) is 4.31. The monoisotopic (exact) mass is 372 g/mol. The first-order valence-corrected chi connectivity index (χ1v) is 10.1. The van der Waals surface area contributed by atoms with Crippen molar-refractivity contribution in [2.75, 3.05) is 26.2 Å². The van der Waals surface area contributed by atoms with Gasteiger partial charge in [-0.2, -0.15) is 0 Å². The van der Waals surface area contributed by atoms with Crippen molar-refractivity contribution in [1.29, 1.82) is 0 Å². The zero-order valence-electron chi connectivity index (χ0n) is 15.7. The van der Waals surface area contributed by atoms with Gasteiger partial charge in [-0.1, -0.05) is 0 Å². The Labute approximate surface area is 159 Å². The van der Waals surface area contributed by atoms with Gasteiger partial charge < -0.3 is 15.0 Å². The highest BCUT2D eigenvalue weighted by molar-refractivity contribution is 5.92. The molecule has 2 amide bonds. The minimum Gasteiger partial charge on any atom is -0.375 e. The fraction of sp³-hybridized carbons (Fsp3) is 0.700. The Hall–Kier alpha value is -2.02. The van der Waals surface area contributed by atoms with Crippen LogP contribution in [-0.2, 0) is 9.53 Å². The molecule has 1 N–H and O–H groups in total. The van der Waals surface area contributed by atoms with Crippen LogP contribution < -0.4 is 5.32 Å². The van der Waals surface area contributed by atoms with Gasteiger partial charge in [-0.15, -0.1) is 0 Å². The van der Waals surface area contributed by atoms with Gasteiger partial charge in [0.25, 0.3) is 5.91 Å². The second-order valence-electron chi connectivity index (χ2n) is 8.13. The van der Waals surface area contributed by atoms with Gasteiger partial charge in [-0.3, -0.25) is 9.59 Å². The Kier molecular flexibility index (Phi) is 5.38. The number of nitrogens with one attached hydrogen (secondary N) is 1. The number of rotatable bonds is 5. The van der Waals surface area contributed by atoms with Crippen LogP contribution in [0.3, 0.4) is 0 Å². The molecule has 3 fully saturated rings. The quantitative estimate of drug-likeness (QED) is 0.852. The molecule has 2 aliphatic heterocycles. The van der Waals surface area contributed by atoms with Gasteiger partial charge in [-0.05, 0) is 56.9 Å². The third-order valence-electron chi connectivity index (χ3n) is 6.16. The third kappa shape index (κ3) is 4.46. The molecule has 27 heavy (non-hydrogen) atoms. The predicted octanol–water partition coefficient (Wildman–Crippen LogP) is 1.79. The largest absolute Gasteiger partial charge is 0.375 e. The van der Waals surface area contributed by atoms with E-state index in [0.717, 1.165) is 58.1 Å². The standard InChI is InChI=1S/C20H28N4O3/c25-18(16-1-2-16)22-9-3-15-5-12-27-20(13-15)6-10-24(11-7-20)19(26)17-4-8-21-14-23-17/h4,8,14-16H,1-3,5-7,9-13H2,(H,22,25). The maximum atomic E-state index is 12.6. The second-order valence-corrected chi connectivity index (χ2v) is 8.13. The summed E-state index contributed by atoms with van der Waals surface area (Å²) in [5, 5.41) is 3.08. The molecule has 7 heteroatoms. The summed E-state index contributed by atoms with van der Waals surface area (Å²) in [6, 6.07) is 1.66. The summed E-state index contributed by atoms with van der Waals surface area (Å²) in [5.41, 5.74) is 0.348. The minimum absolute atomic E-state index is 0.0256. The van der Waals surface area contributed by atoms with Crippen LogP contribution in [-0.4, -0.2) is 58.5 Å². The SMILES string of the molecule is O=C(NCCC1CCOC2(CCN(C(=O)c3ccncn3)CC2)C1)C1CC1. The van der Waals surface area contributed by atoms with Crippen molar-refractivity contribution in [3.8, 4) is 0 Å². The van der Waals surface area contributed by atoms with Crippen LogP contribution in [0.1, 0.15) is 55.4 Å². The lowest BCUT2D eigenvalue weighted by Gasteiger charge is -2.46. The van der Waals surface area contributed by atoms with Crippen LogP contribution in [0, 0.1) is 11.8 Å². The first-order valence-electron chi connectivity index (χ1n) is 10.1. The molecule has 146 valence electrons. The average molecular weight is 372 g/mol. The molecule has 4 rings (SSSR count). The molecule has 0 radical (unpaired) electrons. The Bertz CT molecular complexity index is 669. The van der Waals surface area contributed by atoms with Gasteiger partial charge in [-0.25, -0.2) is 9.97 Å². The van der Waals surface area contributed by atoms with E-state index in [1.807, 2.05) is 4.90 Å².